The van der Waals surface area contributed by atoms with Crippen molar-refractivity contribution in [2.75, 3.05) is 5.32 Å². The zero-order valence-electron chi connectivity index (χ0n) is 12.2. The second kappa shape index (κ2) is 5.39. The molecule has 22 heavy (non-hydrogen) atoms. The van der Waals surface area contributed by atoms with Gasteiger partial charge in [-0.15, -0.1) is 11.3 Å². The van der Waals surface area contributed by atoms with Crippen LogP contribution in [-0.2, 0) is 0 Å². The average molecular weight is 305 g/mol. The van der Waals surface area contributed by atoms with E-state index in [1.54, 1.807) is 17.7 Å². The molecule has 0 saturated heterocycles. The van der Waals surface area contributed by atoms with E-state index < -0.39 is 0 Å². The summed E-state index contributed by atoms with van der Waals surface area (Å²) in [5.74, 6) is 0.905. The van der Waals surface area contributed by atoms with Gasteiger partial charge >= 0.3 is 0 Å². The van der Waals surface area contributed by atoms with Gasteiger partial charge in [0, 0.05) is 16.1 Å². The molecule has 2 aromatic carbocycles. The largest absolute Gasteiger partial charge is 0.362 e. The molecule has 0 bridgehead atoms. The van der Waals surface area contributed by atoms with Crippen LogP contribution < -0.4 is 5.32 Å². The first-order chi connectivity index (χ1) is 10.8. The maximum absolute atomic E-state index is 4.47. The van der Waals surface area contributed by atoms with Crippen LogP contribution in [0.25, 0.3) is 20.3 Å². The topological polar surface area (TPSA) is 37.8 Å². The Labute approximate surface area is 132 Å². The van der Waals surface area contributed by atoms with Crippen molar-refractivity contribution in [3.05, 3.63) is 66.5 Å². The Morgan fingerprint density at radius 1 is 0.955 bits per heavy atom. The molecule has 2 aromatic heterocycles. The van der Waals surface area contributed by atoms with Crippen molar-refractivity contribution in [2.24, 2.45) is 0 Å². The van der Waals surface area contributed by atoms with Crippen LogP contribution in [0, 0.1) is 0 Å². The molecule has 2 heterocycles. The first-order valence-corrected chi connectivity index (χ1v) is 8.08. The van der Waals surface area contributed by atoms with E-state index in [2.05, 4.69) is 70.7 Å². The van der Waals surface area contributed by atoms with Crippen LogP contribution in [0.1, 0.15) is 18.5 Å². The summed E-state index contributed by atoms with van der Waals surface area (Å²) in [7, 11) is 0. The van der Waals surface area contributed by atoms with Crippen LogP contribution in [0.2, 0.25) is 0 Å². The van der Waals surface area contributed by atoms with E-state index >= 15 is 0 Å². The maximum Gasteiger partial charge on any atom is 0.147 e. The predicted molar refractivity (Wildman–Crippen MR) is 93.4 cm³/mol. The SMILES string of the molecule is CC(Nc1ncnc2c1sc1ccccc12)c1ccccc1. The third kappa shape index (κ3) is 2.22. The van der Waals surface area contributed by atoms with Gasteiger partial charge in [-0.1, -0.05) is 48.5 Å². The van der Waals surface area contributed by atoms with E-state index in [1.807, 2.05) is 6.07 Å². The van der Waals surface area contributed by atoms with Crippen molar-refractivity contribution in [2.45, 2.75) is 13.0 Å². The Morgan fingerprint density at radius 3 is 2.59 bits per heavy atom. The van der Waals surface area contributed by atoms with Crippen molar-refractivity contribution < 1.29 is 0 Å². The Morgan fingerprint density at radius 2 is 1.73 bits per heavy atom. The number of hydrogen-bond donors (Lipinski definition) is 1. The molecule has 0 fully saturated rings. The lowest BCUT2D eigenvalue weighted by Crippen LogP contribution is -2.07. The van der Waals surface area contributed by atoms with Gasteiger partial charge in [0.05, 0.1) is 10.2 Å². The smallest absolute Gasteiger partial charge is 0.147 e. The van der Waals surface area contributed by atoms with Crippen molar-refractivity contribution in [1.82, 2.24) is 9.97 Å². The van der Waals surface area contributed by atoms with Crippen molar-refractivity contribution in [3.63, 3.8) is 0 Å². The van der Waals surface area contributed by atoms with Gasteiger partial charge in [0.25, 0.3) is 0 Å². The lowest BCUT2D eigenvalue weighted by atomic mass is 10.1. The molecule has 0 saturated carbocycles. The molecule has 0 amide bonds. The van der Waals surface area contributed by atoms with Crippen LogP contribution in [-0.4, -0.2) is 9.97 Å². The van der Waals surface area contributed by atoms with E-state index in [9.17, 15) is 0 Å². The van der Waals surface area contributed by atoms with Gasteiger partial charge in [-0.25, -0.2) is 9.97 Å². The minimum atomic E-state index is 0.199. The first kappa shape index (κ1) is 13.2. The molecule has 4 rings (SSSR count). The van der Waals surface area contributed by atoms with Gasteiger partial charge in [0.15, 0.2) is 0 Å². The summed E-state index contributed by atoms with van der Waals surface area (Å²) >= 11 is 1.74. The number of nitrogens with one attached hydrogen (secondary N) is 1. The summed E-state index contributed by atoms with van der Waals surface area (Å²) < 4.78 is 2.36. The summed E-state index contributed by atoms with van der Waals surface area (Å²) in [6.07, 6.45) is 1.64. The highest BCUT2D eigenvalue weighted by atomic mass is 32.1. The molecule has 0 aliphatic heterocycles. The third-order valence-corrected chi connectivity index (χ3v) is 4.98. The summed E-state index contributed by atoms with van der Waals surface area (Å²) in [5.41, 5.74) is 2.27. The lowest BCUT2D eigenvalue weighted by molar-refractivity contribution is 0.876. The normalized spacial score (nSPS) is 12.6. The van der Waals surface area contributed by atoms with Crippen molar-refractivity contribution in [3.8, 4) is 0 Å². The lowest BCUT2D eigenvalue weighted by Gasteiger charge is -2.15. The zero-order chi connectivity index (χ0) is 14.9. The number of rotatable bonds is 3. The molecular weight excluding hydrogens is 290 g/mol. The number of nitrogens with zero attached hydrogens (tertiary/aromatic N) is 2. The minimum Gasteiger partial charge on any atom is -0.362 e. The van der Waals surface area contributed by atoms with Gasteiger partial charge in [-0.3, -0.25) is 0 Å². The number of aromatic nitrogens is 2. The third-order valence-electron chi connectivity index (χ3n) is 3.81. The molecule has 4 heteroatoms. The molecule has 0 spiro atoms. The van der Waals surface area contributed by atoms with Crippen LogP contribution in [0.4, 0.5) is 5.82 Å². The van der Waals surface area contributed by atoms with Crippen LogP contribution in [0.3, 0.4) is 0 Å². The second-order valence-electron chi connectivity index (χ2n) is 5.27. The highest BCUT2D eigenvalue weighted by Crippen LogP contribution is 2.36. The van der Waals surface area contributed by atoms with Gasteiger partial charge in [0.1, 0.15) is 12.1 Å². The Balaban J connectivity index is 1.79. The van der Waals surface area contributed by atoms with Crippen LogP contribution >= 0.6 is 11.3 Å². The van der Waals surface area contributed by atoms with Gasteiger partial charge in [0.2, 0.25) is 0 Å². The summed E-state index contributed by atoms with van der Waals surface area (Å²) in [6.45, 7) is 2.15. The van der Waals surface area contributed by atoms with Crippen molar-refractivity contribution >= 4 is 37.5 Å². The van der Waals surface area contributed by atoms with Crippen LogP contribution in [0.15, 0.2) is 60.9 Å². The quantitative estimate of drug-likeness (QED) is 0.577. The summed E-state index contributed by atoms with van der Waals surface area (Å²) in [6, 6.07) is 19.0. The van der Waals surface area contributed by atoms with E-state index in [4.69, 9.17) is 0 Å². The maximum atomic E-state index is 4.47. The summed E-state index contributed by atoms with van der Waals surface area (Å²) in [4.78, 5) is 8.93. The molecule has 0 aliphatic rings. The Bertz CT molecular complexity index is 931. The van der Waals surface area contributed by atoms with Gasteiger partial charge in [-0.05, 0) is 18.6 Å². The predicted octanol–water partition coefficient (Wildman–Crippen LogP) is 5.02. The number of benzene rings is 2. The molecule has 1 N–H and O–H groups in total. The van der Waals surface area contributed by atoms with Crippen molar-refractivity contribution in [1.29, 1.82) is 0 Å². The van der Waals surface area contributed by atoms with Gasteiger partial charge < -0.3 is 5.32 Å². The standard InChI is InChI=1S/C18H15N3S/c1-12(13-7-3-2-4-8-13)21-18-17-16(19-11-20-18)14-9-5-6-10-15(14)22-17/h2-12H,1H3,(H,19,20,21). The molecule has 108 valence electrons. The molecule has 0 radical (unpaired) electrons. The molecule has 1 unspecified atom stereocenters. The van der Waals surface area contributed by atoms with E-state index in [-0.39, 0.29) is 6.04 Å². The number of anilines is 1. The highest BCUT2D eigenvalue weighted by Gasteiger charge is 2.13. The fourth-order valence-electron chi connectivity index (χ4n) is 2.66. The molecular formula is C18H15N3S. The minimum absolute atomic E-state index is 0.199. The number of fused-ring (bicyclic) bond motifs is 3. The molecule has 4 aromatic rings. The first-order valence-electron chi connectivity index (χ1n) is 7.26. The molecule has 3 nitrogen and oxygen atoms in total. The number of hydrogen-bond acceptors (Lipinski definition) is 4. The fraction of sp³-hybridized carbons (Fsp3) is 0.111. The zero-order valence-corrected chi connectivity index (χ0v) is 13.0. The Hall–Kier alpha value is -2.46. The highest BCUT2D eigenvalue weighted by molar-refractivity contribution is 7.26. The van der Waals surface area contributed by atoms with Crippen LogP contribution in [0.5, 0.6) is 0 Å². The van der Waals surface area contributed by atoms with E-state index in [1.165, 1.54) is 15.6 Å². The second-order valence-corrected chi connectivity index (χ2v) is 6.33. The monoisotopic (exact) mass is 305 g/mol. The Kier molecular flexibility index (Phi) is 3.24. The molecule has 1 atom stereocenters. The van der Waals surface area contributed by atoms with E-state index in [0.29, 0.717) is 0 Å². The fourth-order valence-corrected chi connectivity index (χ4v) is 3.77. The summed E-state index contributed by atoms with van der Waals surface area (Å²) in [5, 5.41) is 4.72. The number of thiophene rings is 1. The van der Waals surface area contributed by atoms with Gasteiger partial charge in [-0.2, -0.15) is 0 Å². The average Bonchev–Trinajstić information content (AvgIpc) is 2.95. The molecule has 0 aliphatic carbocycles. The van der Waals surface area contributed by atoms with E-state index in [0.717, 1.165) is 16.0 Å².